The van der Waals surface area contributed by atoms with E-state index in [0.29, 0.717) is 11.3 Å². The fraction of sp³-hybridized carbons (Fsp3) is 0. The van der Waals surface area contributed by atoms with Crippen LogP contribution in [0.3, 0.4) is 0 Å². The number of nitrogens with two attached hydrogens (primary N) is 1. The maximum Gasteiger partial charge on any atom is 0.145 e. The number of rotatable bonds is 1. The molecule has 0 radical (unpaired) electrons. The molecule has 0 spiro atoms. The molecule has 0 saturated heterocycles. The lowest BCUT2D eigenvalue weighted by Gasteiger charge is -1.92. The van der Waals surface area contributed by atoms with Crippen LogP contribution in [0.1, 0.15) is 0 Å². The molecule has 3 rings (SSSR count). The SMILES string of the molecule is Nc1cc(-c2cc3cccc(O)c3[nH]2)[nH]n1. The Hall–Kier alpha value is -2.43. The Labute approximate surface area is 90.9 Å². The van der Waals surface area contributed by atoms with E-state index in [9.17, 15) is 5.11 Å². The molecule has 2 heterocycles. The van der Waals surface area contributed by atoms with Gasteiger partial charge in [0.25, 0.3) is 0 Å². The van der Waals surface area contributed by atoms with Gasteiger partial charge in [-0.1, -0.05) is 12.1 Å². The van der Waals surface area contributed by atoms with Crippen molar-refractivity contribution in [2.45, 2.75) is 0 Å². The molecule has 0 amide bonds. The molecule has 0 saturated carbocycles. The molecule has 0 aliphatic heterocycles. The van der Waals surface area contributed by atoms with Crippen LogP contribution in [-0.4, -0.2) is 20.3 Å². The Kier molecular flexibility index (Phi) is 1.67. The number of nitrogens with zero attached hydrogens (tertiary/aromatic N) is 1. The van der Waals surface area contributed by atoms with E-state index in [2.05, 4.69) is 15.2 Å². The molecule has 5 nitrogen and oxygen atoms in total. The number of nitrogen functional groups attached to an aromatic ring is 1. The number of phenolic OH excluding ortho intramolecular Hbond substituents is 1. The van der Waals surface area contributed by atoms with Crippen LogP contribution < -0.4 is 5.73 Å². The summed E-state index contributed by atoms with van der Waals surface area (Å²) in [6.07, 6.45) is 0. The van der Waals surface area contributed by atoms with Crippen molar-refractivity contribution in [1.29, 1.82) is 0 Å². The minimum atomic E-state index is 0.233. The van der Waals surface area contributed by atoms with Gasteiger partial charge in [-0.25, -0.2) is 0 Å². The van der Waals surface area contributed by atoms with Crippen LogP contribution in [0.15, 0.2) is 30.3 Å². The molecule has 5 N–H and O–H groups in total. The van der Waals surface area contributed by atoms with Gasteiger partial charge in [0.2, 0.25) is 0 Å². The number of anilines is 1. The Balaban J connectivity index is 2.22. The minimum Gasteiger partial charge on any atom is -0.506 e. The molecular weight excluding hydrogens is 204 g/mol. The van der Waals surface area contributed by atoms with Crippen molar-refractivity contribution in [1.82, 2.24) is 15.2 Å². The van der Waals surface area contributed by atoms with Gasteiger partial charge in [-0.2, -0.15) is 5.10 Å². The number of H-pyrrole nitrogens is 2. The number of hydrogen-bond acceptors (Lipinski definition) is 3. The summed E-state index contributed by atoms with van der Waals surface area (Å²) in [6, 6.07) is 9.04. The highest BCUT2D eigenvalue weighted by Crippen LogP contribution is 2.28. The standard InChI is InChI=1S/C11H10N4O/c12-10-5-8(14-15-10)7-4-6-2-1-3-9(16)11(6)13-7/h1-5,13,16H,(H3,12,14,15). The van der Waals surface area contributed by atoms with E-state index in [-0.39, 0.29) is 5.75 Å². The second-order valence-electron chi connectivity index (χ2n) is 3.63. The lowest BCUT2D eigenvalue weighted by atomic mass is 10.2. The highest BCUT2D eigenvalue weighted by atomic mass is 16.3. The van der Waals surface area contributed by atoms with Crippen LogP contribution in [0.25, 0.3) is 22.3 Å². The number of nitrogens with one attached hydrogen (secondary N) is 2. The molecule has 0 atom stereocenters. The molecule has 5 heteroatoms. The molecule has 0 fully saturated rings. The number of benzene rings is 1. The number of aromatic hydroxyl groups is 1. The highest BCUT2D eigenvalue weighted by Gasteiger charge is 2.07. The second kappa shape index (κ2) is 3.03. The first-order valence-corrected chi connectivity index (χ1v) is 4.86. The summed E-state index contributed by atoms with van der Waals surface area (Å²) >= 11 is 0. The molecule has 16 heavy (non-hydrogen) atoms. The average Bonchev–Trinajstić information content (AvgIpc) is 2.84. The molecule has 2 aromatic heterocycles. The van der Waals surface area contributed by atoms with E-state index in [4.69, 9.17) is 5.73 Å². The minimum absolute atomic E-state index is 0.233. The quantitative estimate of drug-likeness (QED) is 0.498. The third kappa shape index (κ3) is 1.22. The average molecular weight is 214 g/mol. The van der Waals surface area contributed by atoms with E-state index in [1.165, 1.54) is 0 Å². The largest absolute Gasteiger partial charge is 0.506 e. The van der Waals surface area contributed by atoms with Crippen molar-refractivity contribution in [3.63, 3.8) is 0 Å². The summed E-state index contributed by atoms with van der Waals surface area (Å²) in [4.78, 5) is 3.12. The lowest BCUT2D eigenvalue weighted by Crippen LogP contribution is -1.81. The van der Waals surface area contributed by atoms with Gasteiger partial charge in [0.1, 0.15) is 11.6 Å². The Morgan fingerprint density at radius 3 is 2.75 bits per heavy atom. The summed E-state index contributed by atoms with van der Waals surface area (Å²) in [7, 11) is 0. The van der Waals surface area contributed by atoms with Crippen molar-refractivity contribution in [3.05, 3.63) is 30.3 Å². The molecular formula is C11H10N4O. The van der Waals surface area contributed by atoms with E-state index in [1.807, 2.05) is 12.1 Å². The van der Waals surface area contributed by atoms with Crippen molar-refractivity contribution in [2.24, 2.45) is 0 Å². The van der Waals surface area contributed by atoms with Gasteiger partial charge in [0.15, 0.2) is 0 Å². The molecule has 1 aromatic carbocycles. The van der Waals surface area contributed by atoms with Gasteiger partial charge >= 0.3 is 0 Å². The van der Waals surface area contributed by atoms with Crippen LogP contribution in [0, 0.1) is 0 Å². The van der Waals surface area contributed by atoms with Gasteiger partial charge in [0, 0.05) is 11.5 Å². The number of phenols is 1. The van der Waals surface area contributed by atoms with Gasteiger partial charge < -0.3 is 15.8 Å². The zero-order valence-electron chi connectivity index (χ0n) is 8.36. The first kappa shape index (κ1) is 8.84. The van der Waals surface area contributed by atoms with Gasteiger partial charge in [-0.05, 0) is 12.1 Å². The summed E-state index contributed by atoms with van der Waals surface area (Å²) in [6.45, 7) is 0. The van der Waals surface area contributed by atoms with E-state index < -0.39 is 0 Å². The second-order valence-corrected chi connectivity index (χ2v) is 3.63. The van der Waals surface area contributed by atoms with E-state index in [0.717, 1.165) is 16.8 Å². The van der Waals surface area contributed by atoms with Gasteiger partial charge in [0.05, 0.1) is 16.9 Å². The van der Waals surface area contributed by atoms with Crippen molar-refractivity contribution in [3.8, 4) is 17.1 Å². The Morgan fingerprint density at radius 2 is 2.06 bits per heavy atom. The predicted molar refractivity (Wildman–Crippen MR) is 62.0 cm³/mol. The smallest absolute Gasteiger partial charge is 0.145 e. The third-order valence-corrected chi connectivity index (χ3v) is 2.52. The summed E-state index contributed by atoms with van der Waals surface area (Å²) in [5.74, 6) is 0.675. The molecule has 0 bridgehead atoms. The fourth-order valence-electron chi connectivity index (χ4n) is 1.76. The monoisotopic (exact) mass is 214 g/mol. The molecule has 0 aliphatic rings. The fourth-order valence-corrected chi connectivity index (χ4v) is 1.76. The number of fused-ring (bicyclic) bond motifs is 1. The predicted octanol–water partition coefficient (Wildman–Crippen LogP) is 1.85. The van der Waals surface area contributed by atoms with Crippen molar-refractivity contribution in [2.75, 3.05) is 5.73 Å². The topological polar surface area (TPSA) is 90.7 Å². The van der Waals surface area contributed by atoms with Gasteiger partial charge in [-0.3, -0.25) is 5.10 Å². The Bertz CT molecular complexity index is 653. The number of para-hydroxylation sites is 1. The van der Waals surface area contributed by atoms with Crippen molar-refractivity contribution >= 4 is 16.7 Å². The van der Waals surface area contributed by atoms with Crippen LogP contribution >= 0.6 is 0 Å². The maximum atomic E-state index is 9.65. The normalized spacial score (nSPS) is 11.0. The molecule has 80 valence electrons. The molecule has 0 unspecified atom stereocenters. The van der Waals surface area contributed by atoms with Crippen LogP contribution in [0.4, 0.5) is 5.82 Å². The third-order valence-electron chi connectivity index (χ3n) is 2.52. The zero-order chi connectivity index (χ0) is 11.1. The number of hydrogen-bond donors (Lipinski definition) is 4. The summed E-state index contributed by atoms with van der Waals surface area (Å²) in [5.41, 5.74) is 7.90. The lowest BCUT2D eigenvalue weighted by molar-refractivity contribution is 0.480. The first-order valence-electron chi connectivity index (χ1n) is 4.86. The summed E-state index contributed by atoms with van der Waals surface area (Å²) < 4.78 is 0. The maximum absolute atomic E-state index is 9.65. The van der Waals surface area contributed by atoms with Crippen molar-refractivity contribution < 1.29 is 5.11 Å². The summed E-state index contributed by atoms with van der Waals surface area (Å²) in [5, 5.41) is 17.3. The number of aromatic amines is 2. The first-order chi connectivity index (χ1) is 7.74. The zero-order valence-corrected chi connectivity index (χ0v) is 8.36. The van der Waals surface area contributed by atoms with Gasteiger partial charge in [-0.15, -0.1) is 0 Å². The van der Waals surface area contributed by atoms with E-state index >= 15 is 0 Å². The van der Waals surface area contributed by atoms with Crippen LogP contribution in [0.5, 0.6) is 5.75 Å². The van der Waals surface area contributed by atoms with Crippen LogP contribution in [-0.2, 0) is 0 Å². The number of aromatic nitrogens is 3. The highest BCUT2D eigenvalue weighted by molar-refractivity contribution is 5.89. The van der Waals surface area contributed by atoms with Crippen LogP contribution in [0.2, 0.25) is 0 Å². The Morgan fingerprint density at radius 1 is 1.19 bits per heavy atom. The van der Waals surface area contributed by atoms with E-state index in [1.54, 1.807) is 18.2 Å². The molecule has 3 aromatic rings. The molecule has 0 aliphatic carbocycles.